The van der Waals surface area contributed by atoms with Gasteiger partial charge >= 0.3 is 0 Å². The number of aromatic nitrogens is 3. The lowest BCUT2D eigenvalue weighted by molar-refractivity contribution is -0.113. The van der Waals surface area contributed by atoms with Crippen LogP contribution in [0.2, 0.25) is 10.0 Å². The molecule has 27 heavy (non-hydrogen) atoms. The van der Waals surface area contributed by atoms with E-state index in [9.17, 15) is 4.79 Å². The minimum Gasteiger partial charge on any atom is -0.382 e. The Kier molecular flexibility index (Phi) is 6.13. The van der Waals surface area contributed by atoms with Crippen LogP contribution in [-0.2, 0) is 4.79 Å². The third-order valence-corrected chi connectivity index (χ3v) is 5.57. The van der Waals surface area contributed by atoms with Crippen LogP contribution in [0.1, 0.15) is 5.56 Å². The minimum absolute atomic E-state index is 0.0764. The van der Waals surface area contributed by atoms with Gasteiger partial charge in [0.2, 0.25) is 5.91 Å². The van der Waals surface area contributed by atoms with Gasteiger partial charge in [0.05, 0.1) is 27.7 Å². The highest BCUT2D eigenvalue weighted by Crippen LogP contribution is 2.30. The van der Waals surface area contributed by atoms with Crippen LogP contribution in [0.15, 0.2) is 34.9 Å². The highest BCUT2D eigenvalue weighted by Gasteiger charge is 2.11. The van der Waals surface area contributed by atoms with E-state index in [1.807, 2.05) is 11.4 Å². The van der Waals surface area contributed by atoms with E-state index >= 15 is 0 Å². The van der Waals surface area contributed by atoms with E-state index in [4.69, 9.17) is 34.2 Å². The average molecular weight is 437 g/mol. The number of thiazole rings is 1. The molecule has 0 aliphatic heterocycles. The molecule has 0 radical (unpaired) electrons. The van der Waals surface area contributed by atoms with Crippen molar-refractivity contribution in [2.45, 2.75) is 5.16 Å². The molecule has 11 heteroatoms. The second kappa shape index (κ2) is 8.54. The topological polar surface area (TPSA) is 118 Å². The molecular formula is C16H10Cl2N6OS2. The predicted octanol–water partition coefficient (Wildman–Crippen LogP) is 4.09. The number of thioether (sulfide) groups is 1. The monoisotopic (exact) mass is 436 g/mol. The van der Waals surface area contributed by atoms with Crippen LogP contribution >= 0.6 is 46.3 Å². The second-order valence-corrected chi connectivity index (χ2v) is 7.68. The summed E-state index contributed by atoms with van der Waals surface area (Å²) in [4.78, 5) is 24.4. The number of hydrogen-bond acceptors (Lipinski definition) is 8. The van der Waals surface area contributed by atoms with Gasteiger partial charge in [0.15, 0.2) is 10.3 Å². The second-order valence-electron chi connectivity index (χ2n) is 5.07. The van der Waals surface area contributed by atoms with Crippen molar-refractivity contribution in [1.82, 2.24) is 15.0 Å². The third-order valence-electron chi connectivity index (χ3n) is 3.21. The summed E-state index contributed by atoms with van der Waals surface area (Å²) in [5.41, 5.74) is 7.31. The van der Waals surface area contributed by atoms with E-state index in [0.29, 0.717) is 26.0 Å². The van der Waals surface area contributed by atoms with Crippen molar-refractivity contribution in [2.75, 3.05) is 16.8 Å². The van der Waals surface area contributed by atoms with Gasteiger partial charge in [-0.1, -0.05) is 41.0 Å². The highest BCUT2D eigenvalue weighted by molar-refractivity contribution is 7.99. The van der Waals surface area contributed by atoms with Crippen LogP contribution in [0, 0.1) is 11.3 Å². The van der Waals surface area contributed by atoms with Crippen molar-refractivity contribution < 1.29 is 4.79 Å². The summed E-state index contributed by atoms with van der Waals surface area (Å²) in [6.45, 7) is 0. The van der Waals surface area contributed by atoms with Gasteiger partial charge in [-0.05, 0) is 12.1 Å². The molecule has 3 rings (SSSR count). The van der Waals surface area contributed by atoms with E-state index in [1.54, 1.807) is 18.2 Å². The molecule has 0 saturated carbocycles. The quantitative estimate of drug-likeness (QED) is 0.456. The van der Waals surface area contributed by atoms with Crippen molar-refractivity contribution >= 4 is 63.2 Å². The molecule has 1 aromatic carbocycles. The number of nitrogens with zero attached hydrogens (tertiary/aromatic N) is 4. The first-order chi connectivity index (χ1) is 13.0. The van der Waals surface area contributed by atoms with Crippen LogP contribution in [0.25, 0.3) is 11.3 Å². The maximum absolute atomic E-state index is 12.1. The number of nitrogens with one attached hydrogen (secondary N) is 1. The normalized spacial score (nSPS) is 10.4. The maximum Gasteiger partial charge on any atom is 0.236 e. The minimum atomic E-state index is -0.262. The zero-order chi connectivity index (χ0) is 19.4. The molecule has 2 heterocycles. The van der Waals surface area contributed by atoms with E-state index < -0.39 is 0 Å². The molecule has 0 unspecified atom stereocenters. The Morgan fingerprint density at radius 1 is 1.33 bits per heavy atom. The maximum atomic E-state index is 12.1. The van der Waals surface area contributed by atoms with E-state index in [1.165, 1.54) is 17.5 Å². The molecule has 0 aliphatic carbocycles. The molecule has 3 N–H and O–H groups in total. The number of nitrogen functional groups attached to an aromatic ring is 1. The number of carbonyl (C=O) groups excluding carboxylic acids is 1. The van der Waals surface area contributed by atoms with Crippen LogP contribution in [0.3, 0.4) is 0 Å². The molecule has 1 amide bonds. The molecule has 0 atom stereocenters. The van der Waals surface area contributed by atoms with Crippen LogP contribution in [0.4, 0.5) is 10.9 Å². The van der Waals surface area contributed by atoms with Gasteiger partial charge in [-0.15, -0.1) is 11.3 Å². The molecule has 0 fully saturated rings. The number of anilines is 2. The van der Waals surface area contributed by atoms with Crippen molar-refractivity contribution in [2.24, 2.45) is 0 Å². The number of hydrogen-bond donors (Lipinski definition) is 2. The molecule has 0 spiro atoms. The average Bonchev–Trinajstić information content (AvgIpc) is 3.11. The van der Waals surface area contributed by atoms with Gasteiger partial charge in [-0.2, -0.15) is 5.26 Å². The van der Waals surface area contributed by atoms with Crippen molar-refractivity contribution in [3.63, 3.8) is 0 Å². The number of amides is 1. The fourth-order valence-electron chi connectivity index (χ4n) is 1.94. The van der Waals surface area contributed by atoms with Crippen LogP contribution < -0.4 is 11.1 Å². The van der Waals surface area contributed by atoms with Crippen molar-refractivity contribution in [1.29, 1.82) is 5.26 Å². The van der Waals surface area contributed by atoms with Crippen molar-refractivity contribution in [3.05, 3.63) is 45.4 Å². The Bertz CT molecular complexity index is 1050. The van der Waals surface area contributed by atoms with Crippen LogP contribution in [0.5, 0.6) is 0 Å². The lowest BCUT2D eigenvalue weighted by atomic mass is 10.2. The smallest absolute Gasteiger partial charge is 0.236 e. The summed E-state index contributed by atoms with van der Waals surface area (Å²) in [5, 5.41) is 15.0. The van der Waals surface area contributed by atoms with Crippen molar-refractivity contribution in [3.8, 4) is 17.3 Å². The number of carbonyl (C=O) groups is 1. The summed E-state index contributed by atoms with van der Waals surface area (Å²) >= 11 is 14.3. The van der Waals surface area contributed by atoms with E-state index in [-0.39, 0.29) is 23.0 Å². The molecule has 7 nitrogen and oxygen atoms in total. The molecule has 0 aliphatic rings. The molecule has 3 aromatic rings. The molecule has 2 aromatic heterocycles. The molecule has 0 bridgehead atoms. The first-order valence-corrected chi connectivity index (χ1v) is 9.94. The lowest BCUT2D eigenvalue weighted by Crippen LogP contribution is -2.14. The molecule has 136 valence electrons. The number of rotatable bonds is 5. The standard InChI is InChI=1S/C16H10Cl2N6OS2/c17-10-2-1-8(3-11(10)18)12-6-26-16(22-12)23-13(25)7-27-15-21-5-9(4-19)14(20)24-15/h1-3,5-6H,7H2,(H2,20,21,24)(H,22,23,25). The zero-order valence-corrected chi connectivity index (χ0v) is 16.6. The summed E-state index contributed by atoms with van der Waals surface area (Å²) < 4.78 is 0. The fraction of sp³-hybridized carbons (Fsp3) is 0.0625. The number of nitrogens with two attached hydrogens (primary N) is 1. The lowest BCUT2D eigenvalue weighted by Gasteiger charge is -2.03. The number of halogens is 2. The summed E-state index contributed by atoms with van der Waals surface area (Å²) in [6.07, 6.45) is 1.33. The Morgan fingerprint density at radius 2 is 2.15 bits per heavy atom. The van der Waals surface area contributed by atoms with E-state index in [0.717, 1.165) is 17.3 Å². The highest BCUT2D eigenvalue weighted by atomic mass is 35.5. The SMILES string of the molecule is N#Cc1cnc(SCC(=O)Nc2nc(-c3ccc(Cl)c(Cl)c3)cs2)nc1N. The third kappa shape index (κ3) is 4.87. The Hall–Kier alpha value is -2.38. The van der Waals surface area contributed by atoms with Gasteiger partial charge in [-0.25, -0.2) is 15.0 Å². The van der Waals surface area contributed by atoms with Gasteiger partial charge in [0.1, 0.15) is 17.5 Å². The zero-order valence-electron chi connectivity index (χ0n) is 13.4. The Labute approximate surface area is 172 Å². The Morgan fingerprint density at radius 3 is 2.85 bits per heavy atom. The summed E-state index contributed by atoms with van der Waals surface area (Å²) in [5.74, 6) is -0.101. The predicted molar refractivity (Wildman–Crippen MR) is 108 cm³/mol. The summed E-state index contributed by atoms with van der Waals surface area (Å²) in [7, 11) is 0. The van der Waals surface area contributed by atoms with Gasteiger partial charge in [0, 0.05) is 10.9 Å². The van der Waals surface area contributed by atoms with Gasteiger partial charge in [0.25, 0.3) is 0 Å². The molecular weight excluding hydrogens is 427 g/mol. The number of nitriles is 1. The van der Waals surface area contributed by atoms with Gasteiger partial charge in [-0.3, -0.25) is 4.79 Å². The molecule has 0 saturated heterocycles. The Balaban J connectivity index is 1.60. The largest absolute Gasteiger partial charge is 0.382 e. The summed E-state index contributed by atoms with van der Waals surface area (Å²) in [6, 6.07) is 7.09. The van der Waals surface area contributed by atoms with Crippen LogP contribution in [-0.4, -0.2) is 26.6 Å². The van der Waals surface area contributed by atoms with E-state index in [2.05, 4.69) is 20.3 Å². The first kappa shape index (κ1) is 19.4. The number of benzene rings is 1. The van der Waals surface area contributed by atoms with Gasteiger partial charge < -0.3 is 11.1 Å². The first-order valence-electron chi connectivity index (χ1n) is 7.32. The fourth-order valence-corrected chi connectivity index (χ4v) is 3.59.